The Hall–Kier alpha value is -0.120. The highest BCUT2D eigenvalue weighted by molar-refractivity contribution is 4.86. The molecule has 1 aliphatic carbocycles. The smallest absolute Gasteiger partial charge is 0.0695 e. The van der Waals surface area contributed by atoms with Crippen molar-refractivity contribution in [3.8, 4) is 0 Å². The highest BCUT2D eigenvalue weighted by Crippen LogP contribution is 2.28. The minimum Gasteiger partial charge on any atom is -0.391 e. The predicted molar refractivity (Wildman–Crippen MR) is 78.2 cm³/mol. The molecule has 2 saturated heterocycles. The second-order valence-electron chi connectivity index (χ2n) is 6.91. The Bertz CT molecular complexity index is 270. The quantitative estimate of drug-likeness (QED) is 0.847. The van der Waals surface area contributed by atoms with Crippen LogP contribution in [-0.4, -0.2) is 59.8 Å². The van der Waals surface area contributed by atoms with Crippen LogP contribution in [-0.2, 0) is 0 Å². The van der Waals surface area contributed by atoms with Gasteiger partial charge in [0, 0.05) is 12.6 Å². The second kappa shape index (κ2) is 6.55. The number of piperidine rings is 1. The van der Waals surface area contributed by atoms with Crippen LogP contribution in [0.5, 0.6) is 0 Å². The van der Waals surface area contributed by atoms with Gasteiger partial charge >= 0.3 is 0 Å². The summed E-state index contributed by atoms with van der Waals surface area (Å²) in [5, 5.41) is 10.2. The fourth-order valence-corrected chi connectivity index (χ4v) is 4.32. The highest BCUT2D eigenvalue weighted by Gasteiger charge is 2.31. The molecule has 0 unspecified atom stereocenters. The maximum Gasteiger partial charge on any atom is 0.0695 e. The van der Waals surface area contributed by atoms with Crippen molar-refractivity contribution in [2.24, 2.45) is 5.92 Å². The third-order valence-corrected chi connectivity index (χ3v) is 5.53. The molecule has 0 aromatic heterocycles. The molecule has 1 N–H and O–H groups in total. The Morgan fingerprint density at radius 1 is 0.789 bits per heavy atom. The van der Waals surface area contributed by atoms with Crippen LogP contribution in [0.2, 0.25) is 0 Å². The molecule has 3 nitrogen and oxygen atoms in total. The molecule has 0 aromatic carbocycles. The van der Waals surface area contributed by atoms with E-state index < -0.39 is 0 Å². The summed E-state index contributed by atoms with van der Waals surface area (Å²) >= 11 is 0. The molecular weight excluding hydrogens is 236 g/mol. The molecule has 110 valence electrons. The summed E-state index contributed by atoms with van der Waals surface area (Å²) in [6, 6.07) is 0.474. The summed E-state index contributed by atoms with van der Waals surface area (Å²) in [4.78, 5) is 5.25. The van der Waals surface area contributed by atoms with Crippen LogP contribution in [0, 0.1) is 5.92 Å². The molecule has 2 heterocycles. The Balaban J connectivity index is 1.43. The third-order valence-electron chi connectivity index (χ3n) is 5.53. The van der Waals surface area contributed by atoms with E-state index in [0.717, 1.165) is 12.3 Å². The lowest BCUT2D eigenvalue weighted by Crippen LogP contribution is -2.49. The number of nitrogens with zero attached hydrogens (tertiary/aromatic N) is 2. The van der Waals surface area contributed by atoms with E-state index in [4.69, 9.17) is 0 Å². The minimum absolute atomic E-state index is 0.0520. The average molecular weight is 266 g/mol. The highest BCUT2D eigenvalue weighted by atomic mass is 16.3. The van der Waals surface area contributed by atoms with Gasteiger partial charge in [-0.1, -0.05) is 12.8 Å². The van der Waals surface area contributed by atoms with Crippen molar-refractivity contribution in [2.75, 3.05) is 32.7 Å². The number of likely N-dealkylation sites (tertiary alicyclic amines) is 2. The summed E-state index contributed by atoms with van der Waals surface area (Å²) < 4.78 is 0. The molecule has 3 fully saturated rings. The lowest BCUT2D eigenvalue weighted by atomic mass is 9.88. The largest absolute Gasteiger partial charge is 0.391 e. The molecular formula is C16H30N2O. The van der Waals surface area contributed by atoms with E-state index in [-0.39, 0.29) is 6.10 Å². The maximum atomic E-state index is 10.2. The lowest BCUT2D eigenvalue weighted by Gasteiger charge is -2.42. The summed E-state index contributed by atoms with van der Waals surface area (Å²) in [7, 11) is 0. The molecule has 3 aliphatic rings. The van der Waals surface area contributed by atoms with E-state index in [1.165, 1.54) is 77.7 Å². The van der Waals surface area contributed by atoms with Gasteiger partial charge in [0.15, 0.2) is 0 Å². The number of hydrogen-bond acceptors (Lipinski definition) is 3. The van der Waals surface area contributed by atoms with Crippen LogP contribution in [0.1, 0.15) is 51.4 Å². The van der Waals surface area contributed by atoms with E-state index in [1.54, 1.807) is 0 Å². The van der Waals surface area contributed by atoms with Crippen LogP contribution in [0.25, 0.3) is 0 Å². The van der Waals surface area contributed by atoms with Crippen LogP contribution in [0.3, 0.4) is 0 Å². The number of rotatable bonds is 3. The molecule has 0 amide bonds. The van der Waals surface area contributed by atoms with Gasteiger partial charge < -0.3 is 10.0 Å². The van der Waals surface area contributed by atoms with E-state index >= 15 is 0 Å². The van der Waals surface area contributed by atoms with Gasteiger partial charge in [0.25, 0.3) is 0 Å². The number of aliphatic hydroxyl groups is 1. The van der Waals surface area contributed by atoms with Gasteiger partial charge in [0.1, 0.15) is 0 Å². The molecule has 0 spiro atoms. The third kappa shape index (κ3) is 3.50. The van der Waals surface area contributed by atoms with Crippen LogP contribution in [0.4, 0.5) is 0 Å². The minimum atomic E-state index is -0.0520. The van der Waals surface area contributed by atoms with Crippen molar-refractivity contribution >= 4 is 0 Å². The van der Waals surface area contributed by atoms with Crippen molar-refractivity contribution in [3.63, 3.8) is 0 Å². The first-order chi connectivity index (χ1) is 9.33. The first kappa shape index (κ1) is 13.8. The maximum absolute atomic E-state index is 10.2. The number of hydrogen-bond donors (Lipinski definition) is 1. The summed E-state index contributed by atoms with van der Waals surface area (Å²) in [6.07, 6.45) is 10.2. The lowest BCUT2D eigenvalue weighted by molar-refractivity contribution is 0.00180. The van der Waals surface area contributed by atoms with Crippen LogP contribution in [0.15, 0.2) is 0 Å². The summed E-state index contributed by atoms with van der Waals surface area (Å²) in [5.41, 5.74) is 0. The van der Waals surface area contributed by atoms with Crippen molar-refractivity contribution in [3.05, 3.63) is 0 Å². The average Bonchev–Trinajstić information content (AvgIpc) is 2.93. The topological polar surface area (TPSA) is 26.7 Å². The number of aliphatic hydroxyl groups excluding tert-OH is 1. The van der Waals surface area contributed by atoms with Gasteiger partial charge in [0.2, 0.25) is 0 Å². The van der Waals surface area contributed by atoms with Gasteiger partial charge in [-0.15, -0.1) is 0 Å². The zero-order valence-electron chi connectivity index (χ0n) is 12.3. The fourth-order valence-electron chi connectivity index (χ4n) is 4.32. The SMILES string of the molecule is O[C@@H]1CCCC[C@H]1N1CCC(CN2CCCC2)CC1. The first-order valence-electron chi connectivity index (χ1n) is 8.47. The van der Waals surface area contributed by atoms with Gasteiger partial charge in [0.05, 0.1) is 6.10 Å². The molecule has 2 atom stereocenters. The van der Waals surface area contributed by atoms with Gasteiger partial charge in [-0.3, -0.25) is 4.90 Å². The Morgan fingerprint density at radius 2 is 1.47 bits per heavy atom. The fraction of sp³-hybridized carbons (Fsp3) is 1.00. The van der Waals surface area contributed by atoms with Crippen LogP contribution < -0.4 is 0 Å². The molecule has 19 heavy (non-hydrogen) atoms. The predicted octanol–water partition coefficient (Wildman–Crippen LogP) is 2.10. The van der Waals surface area contributed by atoms with Crippen molar-refractivity contribution in [2.45, 2.75) is 63.5 Å². The van der Waals surface area contributed by atoms with E-state index in [1.807, 2.05) is 0 Å². The molecule has 0 bridgehead atoms. The van der Waals surface area contributed by atoms with Crippen molar-refractivity contribution in [1.29, 1.82) is 0 Å². The van der Waals surface area contributed by atoms with Gasteiger partial charge in [-0.05, 0) is 70.6 Å². The van der Waals surface area contributed by atoms with E-state index in [2.05, 4.69) is 9.80 Å². The Kier molecular flexibility index (Phi) is 4.78. The Morgan fingerprint density at radius 3 is 2.16 bits per heavy atom. The monoisotopic (exact) mass is 266 g/mol. The normalized spacial score (nSPS) is 35.8. The molecule has 3 heteroatoms. The standard InChI is InChI=1S/C16H30N2O/c19-16-6-2-1-5-15(16)18-11-7-14(8-12-18)13-17-9-3-4-10-17/h14-16,19H,1-13H2/t15-,16-/m1/s1. The summed E-state index contributed by atoms with van der Waals surface area (Å²) in [5.74, 6) is 0.912. The zero-order valence-corrected chi connectivity index (χ0v) is 12.3. The Labute approximate surface area is 118 Å². The van der Waals surface area contributed by atoms with Crippen LogP contribution >= 0.6 is 0 Å². The molecule has 2 aliphatic heterocycles. The zero-order chi connectivity index (χ0) is 13.1. The first-order valence-corrected chi connectivity index (χ1v) is 8.47. The molecule has 3 rings (SSSR count). The summed E-state index contributed by atoms with van der Waals surface area (Å²) in [6.45, 7) is 6.45. The van der Waals surface area contributed by atoms with E-state index in [9.17, 15) is 5.11 Å². The van der Waals surface area contributed by atoms with E-state index in [0.29, 0.717) is 6.04 Å². The molecule has 1 saturated carbocycles. The van der Waals surface area contributed by atoms with Gasteiger partial charge in [-0.2, -0.15) is 0 Å². The van der Waals surface area contributed by atoms with Crippen molar-refractivity contribution in [1.82, 2.24) is 9.80 Å². The van der Waals surface area contributed by atoms with Gasteiger partial charge in [-0.25, -0.2) is 0 Å². The van der Waals surface area contributed by atoms with Crippen molar-refractivity contribution < 1.29 is 5.11 Å². The molecule has 0 radical (unpaired) electrons. The molecule has 0 aromatic rings. The second-order valence-corrected chi connectivity index (χ2v) is 6.91.